The summed E-state index contributed by atoms with van der Waals surface area (Å²) in [4.78, 5) is 26.8. The lowest BCUT2D eigenvalue weighted by Gasteiger charge is -2.38. The van der Waals surface area contributed by atoms with Crippen LogP contribution in [0.1, 0.15) is 49.4 Å². The van der Waals surface area contributed by atoms with Crippen molar-refractivity contribution < 1.29 is 9.28 Å². The van der Waals surface area contributed by atoms with Gasteiger partial charge in [-0.3, -0.25) is 0 Å². The van der Waals surface area contributed by atoms with Crippen molar-refractivity contribution in [3.63, 3.8) is 0 Å². The standard InChI is InChI=1S/C28H39Cl2N7O/c1-3-31-28(38)36-13-10-25-23(18-36)26(32-17-21-6-7-22(29)16-24(21)30)34-27(33-25)35-11-8-20(9-12-35)19-37(2)14-4-5-15-37/h6-7,16,20H,3-5,8-15,17-19H2,1-2H3,(H-,31,32,33,34,38)/p+1. The molecule has 38 heavy (non-hydrogen) atoms. The Labute approximate surface area is 236 Å². The Balaban J connectivity index is 1.34. The summed E-state index contributed by atoms with van der Waals surface area (Å²) in [7, 11) is 2.43. The zero-order chi connectivity index (χ0) is 26.7. The zero-order valence-electron chi connectivity index (χ0n) is 22.6. The van der Waals surface area contributed by atoms with Gasteiger partial charge in [-0.1, -0.05) is 29.3 Å². The molecule has 3 aliphatic heterocycles. The number of carbonyl (C=O) groups excluding carboxylic acids is 1. The molecule has 0 bridgehead atoms. The van der Waals surface area contributed by atoms with E-state index in [4.69, 9.17) is 33.2 Å². The lowest BCUT2D eigenvalue weighted by molar-refractivity contribution is -0.901. The van der Waals surface area contributed by atoms with Gasteiger partial charge >= 0.3 is 6.03 Å². The summed E-state index contributed by atoms with van der Waals surface area (Å²) in [5.74, 6) is 2.34. The molecule has 0 aliphatic carbocycles. The predicted octanol–water partition coefficient (Wildman–Crippen LogP) is 4.94. The fourth-order valence-electron chi connectivity index (χ4n) is 6.19. The average molecular weight is 562 g/mol. The summed E-state index contributed by atoms with van der Waals surface area (Å²) in [6.45, 7) is 10.1. The minimum absolute atomic E-state index is 0.0506. The molecule has 0 radical (unpaired) electrons. The van der Waals surface area contributed by atoms with Crippen molar-refractivity contribution in [3.05, 3.63) is 45.1 Å². The number of amides is 2. The second kappa shape index (κ2) is 11.8. The molecule has 0 unspecified atom stereocenters. The molecule has 1 aromatic carbocycles. The molecular formula is C28H40Cl2N7O+. The molecular weight excluding hydrogens is 521 g/mol. The number of piperidine rings is 1. The van der Waals surface area contributed by atoms with Gasteiger partial charge in [0.2, 0.25) is 5.95 Å². The second-order valence-corrected chi connectivity index (χ2v) is 12.1. The van der Waals surface area contributed by atoms with Crippen LogP contribution in [0.5, 0.6) is 0 Å². The first-order valence-corrected chi connectivity index (χ1v) is 14.8. The van der Waals surface area contributed by atoms with Gasteiger partial charge in [0.15, 0.2) is 0 Å². The number of halogens is 2. The van der Waals surface area contributed by atoms with E-state index in [9.17, 15) is 4.79 Å². The largest absolute Gasteiger partial charge is 0.365 e. The molecule has 5 rings (SSSR count). The minimum atomic E-state index is -0.0506. The molecule has 2 N–H and O–H groups in total. The van der Waals surface area contributed by atoms with E-state index in [0.717, 1.165) is 47.6 Å². The summed E-state index contributed by atoms with van der Waals surface area (Å²) >= 11 is 12.5. The minimum Gasteiger partial charge on any atom is -0.365 e. The van der Waals surface area contributed by atoms with Crippen LogP contribution in [0.2, 0.25) is 10.0 Å². The maximum Gasteiger partial charge on any atom is 0.317 e. The first kappa shape index (κ1) is 27.3. The Morgan fingerprint density at radius 3 is 2.61 bits per heavy atom. The number of rotatable bonds is 7. The third-order valence-corrected chi connectivity index (χ3v) is 8.95. The second-order valence-electron chi connectivity index (χ2n) is 11.3. The first-order valence-electron chi connectivity index (χ1n) is 14.0. The van der Waals surface area contributed by atoms with Gasteiger partial charge in [-0.15, -0.1) is 0 Å². The van der Waals surface area contributed by atoms with Gasteiger partial charge in [-0.05, 0) is 37.5 Å². The summed E-state index contributed by atoms with van der Waals surface area (Å²) in [5.41, 5.74) is 2.95. The Bertz CT molecular complexity index is 1150. The van der Waals surface area contributed by atoms with E-state index in [-0.39, 0.29) is 6.03 Å². The number of nitrogens with zero attached hydrogens (tertiary/aromatic N) is 5. The van der Waals surface area contributed by atoms with Crippen LogP contribution in [0.15, 0.2) is 18.2 Å². The number of urea groups is 1. The fourth-order valence-corrected chi connectivity index (χ4v) is 6.66. The number of nitrogens with one attached hydrogen (secondary N) is 2. The van der Waals surface area contributed by atoms with Crippen molar-refractivity contribution in [3.8, 4) is 0 Å². The molecule has 10 heteroatoms. The van der Waals surface area contributed by atoms with E-state index in [2.05, 4.69) is 22.6 Å². The number of carbonyl (C=O) groups is 1. The monoisotopic (exact) mass is 560 g/mol. The average Bonchev–Trinajstić information content (AvgIpc) is 3.34. The number of fused-ring (bicyclic) bond motifs is 1. The maximum atomic E-state index is 12.6. The van der Waals surface area contributed by atoms with Gasteiger partial charge in [0.05, 0.1) is 38.9 Å². The summed E-state index contributed by atoms with van der Waals surface area (Å²) in [6.07, 6.45) is 5.81. The molecule has 2 fully saturated rings. The predicted molar refractivity (Wildman–Crippen MR) is 154 cm³/mol. The molecule has 2 aromatic rings. The van der Waals surface area contributed by atoms with Gasteiger partial charge in [-0.25, -0.2) is 9.78 Å². The Morgan fingerprint density at radius 1 is 1.13 bits per heavy atom. The fraction of sp³-hybridized carbons (Fsp3) is 0.607. The quantitative estimate of drug-likeness (QED) is 0.469. The van der Waals surface area contributed by atoms with E-state index >= 15 is 0 Å². The third-order valence-electron chi connectivity index (χ3n) is 8.37. The highest BCUT2D eigenvalue weighted by Gasteiger charge is 2.33. The number of benzene rings is 1. The highest BCUT2D eigenvalue weighted by molar-refractivity contribution is 6.35. The molecule has 206 valence electrons. The van der Waals surface area contributed by atoms with Crippen LogP contribution in [-0.2, 0) is 19.5 Å². The van der Waals surface area contributed by atoms with Gasteiger partial charge in [0, 0.05) is 73.5 Å². The van der Waals surface area contributed by atoms with Gasteiger partial charge in [-0.2, -0.15) is 4.98 Å². The van der Waals surface area contributed by atoms with Crippen LogP contribution in [-0.4, -0.2) is 78.2 Å². The van der Waals surface area contributed by atoms with E-state index in [1.54, 1.807) is 6.07 Å². The topological polar surface area (TPSA) is 73.4 Å². The summed E-state index contributed by atoms with van der Waals surface area (Å²) < 4.78 is 1.24. The van der Waals surface area contributed by atoms with Crippen molar-refractivity contribution in [2.24, 2.45) is 5.92 Å². The normalized spacial score (nSPS) is 19.4. The lowest BCUT2D eigenvalue weighted by Crippen LogP contribution is -2.47. The van der Waals surface area contributed by atoms with Crippen molar-refractivity contribution in [1.29, 1.82) is 0 Å². The van der Waals surface area contributed by atoms with E-state index < -0.39 is 0 Å². The van der Waals surface area contributed by atoms with Crippen molar-refractivity contribution in [2.75, 3.05) is 63.1 Å². The number of hydrogen-bond donors (Lipinski definition) is 2. The van der Waals surface area contributed by atoms with Crippen molar-refractivity contribution in [2.45, 2.75) is 52.1 Å². The van der Waals surface area contributed by atoms with E-state index in [1.807, 2.05) is 24.0 Å². The first-order chi connectivity index (χ1) is 18.3. The number of hydrogen-bond acceptors (Lipinski definition) is 5. The van der Waals surface area contributed by atoms with Gasteiger partial charge in [0.1, 0.15) is 5.82 Å². The number of aromatic nitrogens is 2. The Morgan fingerprint density at radius 2 is 1.89 bits per heavy atom. The summed E-state index contributed by atoms with van der Waals surface area (Å²) in [5, 5.41) is 7.67. The van der Waals surface area contributed by atoms with Crippen LogP contribution in [0.3, 0.4) is 0 Å². The van der Waals surface area contributed by atoms with Gasteiger partial charge < -0.3 is 24.9 Å². The smallest absolute Gasteiger partial charge is 0.317 e. The van der Waals surface area contributed by atoms with Crippen LogP contribution in [0.25, 0.3) is 0 Å². The van der Waals surface area contributed by atoms with Crippen LogP contribution in [0.4, 0.5) is 16.6 Å². The van der Waals surface area contributed by atoms with Gasteiger partial charge in [0.25, 0.3) is 0 Å². The van der Waals surface area contributed by atoms with Crippen molar-refractivity contribution >= 4 is 41.0 Å². The van der Waals surface area contributed by atoms with Crippen molar-refractivity contribution in [1.82, 2.24) is 20.2 Å². The maximum absolute atomic E-state index is 12.6. The number of anilines is 2. The van der Waals surface area contributed by atoms with Crippen LogP contribution < -0.4 is 15.5 Å². The molecule has 0 saturated carbocycles. The summed E-state index contributed by atoms with van der Waals surface area (Å²) in [6, 6.07) is 5.48. The molecule has 0 atom stereocenters. The van der Waals surface area contributed by atoms with Crippen LogP contribution in [0, 0.1) is 5.92 Å². The number of likely N-dealkylation sites (tertiary alicyclic amines) is 1. The number of quaternary nitrogens is 1. The molecule has 3 aliphatic rings. The highest BCUT2D eigenvalue weighted by Crippen LogP contribution is 2.31. The van der Waals surface area contributed by atoms with Crippen LogP contribution >= 0.6 is 23.2 Å². The molecule has 1 aromatic heterocycles. The molecule has 0 spiro atoms. The molecule has 2 saturated heterocycles. The Kier molecular flexibility index (Phi) is 8.50. The zero-order valence-corrected chi connectivity index (χ0v) is 24.1. The lowest BCUT2D eigenvalue weighted by atomic mass is 9.95. The molecule has 4 heterocycles. The third kappa shape index (κ3) is 6.29. The SMILES string of the molecule is CCNC(=O)N1CCc2nc(N3CCC(C[N+]4(C)CCCC4)CC3)nc(NCc3ccc(Cl)cc3Cl)c2C1. The molecule has 2 amide bonds. The Hall–Kier alpha value is -2.29. The van der Waals surface area contributed by atoms with E-state index in [1.165, 1.54) is 49.8 Å². The molecule has 8 nitrogen and oxygen atoms in total. The highest BCUT2D eigenvalue weighted by atomic mass is 35.5. The van der Waals surface area contributed by atoms with E-state index in [0.29, 0.717) is 42.6 Å².